The number of nitrogens with one attached hydrogen (secondary N) is 1. The van der Waals surface area contributed by atoms with Gasteiger partial charge in [-0.2, -0.15) is 0 Å². The summed E-state index contributed by atoms with van der Waals surface area (Å²) in [5, 5.41) is 22.5. The molecule has 2 bridgehead atoms. The van der Waals surface area contributed by atoms with E-state index in [2.05, 4.69) is 5.32 Å². The number of aromatic hydroxyl groups is 1. The third-order valence-corrected chi connectivity index (χ3v) is 6.08. The van der Waals surface area contributed by atoms with Gasteiger partial charge in [-0.1, -0.05) is 0 Å². The van der Waals surface area contributed by atoms with Crippen LogP contribution >= 0.6 is 0 Å². The molecule has 3 heterocycles. The van der Waals surface area contributed by atoms with Crippen molar-refractivity contribution in [2.45, 2.75) is 18.5 Å². The maximum Gasteiger partial charge on any atom is 0.341 e. The highest BCUT2D eigenvalue weighted by atomic mass is 19.1. The zero-order chi connectivity index (χ0) is 21.9. The second-order valence-corrected chi connectivity index (χ2v) is 7.85. The number of carbonyl (C=O) groups is 1. The Hall–Kier alpha value is -3.59. The Kier molecular flexibility index (Phi) is 4.37. The molecule has 2 fully saturated rings. The van der Waals surface area contributed by atoms with Crippen molar-refractivity contribution < 1.29 is 24.1 Å². The van der Waals surface area contributed by atoms with Gasteiger partial charge in [-0.15, -0.1) is 0 Å². The highest BCUT2D eigenvalue weighted by Gasteiger charge is 2.40. The number of ether oxygens (including phenoxy) is 1. The minimum absolute atomic E-state index is 0.0341. The number of fused-ring (bicyclic) bond motifs is 3. The van der Waals surface area contributed by atoms with E-state index in [1.807, 2.05) is 4.90 Å². The van der Waals surface area contributed by atoms with Crippen molar-refractivity contribution in [1.82, 2.24) is 9.88 Å². The van der Waals surface area contributed by atoms with Crippen LogP contribution in [0.25, 0.3) is 16.6 Å². The summed E-state index contributed by atoms with van der Waals surface area (Å²) < 4.78 is 22.5. The SMILES string of the molecule is COc1c(N2C[C@@H]3C[C@H]2CN3)c(F)cc2c(=O)c(C(=O)O)cn(-c3ccc(O)cc3)c12. The fraction of sp³-hybridized carbons (Fsp3) is 0.273. The summed E-state index contributed by atoms with van der Waals surface area (Å²) >= 11 is 0. The maximum atomic E-state index is 15.4. The largest absolute Gasteiger partial charge is 0.508 e. The van der Waals surface area contributed by atoms with Crippen LogP contribution in [0, 0.1) is 5.82 Å². The van der Waals surface area contributed by atoms with Crippen LogP contribution < -0.4 is 20.4 Å². The smallest absolute Gasteiger partial charge is 0.341 e. The van der Waals surface area contributed by atoms with Gasteiger partial charge in [0.05, 0.1) is 12.5 Å². The first-order valence-corrected chi connectivity index (χ1v) is 9.87. The van der Waals surface area contributed by atoms with E-state index in [9.17, 15) is 19.8 Å². The first-order valence-electron chi connectivity index (χ1n) is 9.87. The quantitative estimate of drug-likeness (QED) is 0.588. The topological polar surface area (TPSA) is 104 Å². The molecule has 2 aromatic carbocycles. The monoisotopic (exact) mass is 425 g/mol. The number of carboxylic acid groups (broad SMARTS) is 1. The Labute approximate surface area is 176 Å². The molecule has 9 heteroatoms. The van der Waals surface area contributed by atoms with Crippen molar-refractivity contribution in [3.8, 4) is 17.2 Å². The number of aromatic nitrogens is 1. The molecule has 2 saturated heterocycles. The summed E-state index contributed by atoms with van der Waals surface area (Å²) in [6, 6.07) is 7.52. The lowest BCUT2D eigenvalue weighted by atomic mass is 10.1. The van der Waals surface area contributed by atoms with Crippen molar-refractivity contribution in [2.75, 3.05) is 25.1 Å². The number of rotatable bonds is 4. The number of methoxy groups -OCH3 is 1. The number of phenols is 1. The molecule has 0 unspecified atom stereocenters. The van der Waals surface area contributed by atoms with Crippen molar-refractivity contribution in [3.05, 3.63) is 58.1 Å². The van der Waals surface area contributed by atoms with Crippen LogP contribution in [0.15, 0.2) is 41.3 Å². The molecule has 0 saturated carbocycles. The van der Waals surface area contributed by atoms with Crippen LogP contribution in [0.5, 0.6) is 11.5 Å². The number of hydrogen-bond acceptors (Lipinski definition) is 6. The van der Waals surface area contributed by atoms with E-state index in [4.69, 9.17) is 4.74 Å². The minimum atomic E-state index is -1.41. The molecule has 5 rings (SSSR count). The Bertz CT molecular complexity index is 1270. The molecule has 1 aromatic heterocycles. The molecule has 2 aliphatic heterocycles. The molecular formula is C22H20FN3O5. The van der Waals surface area contributed by atoms with Gasteiger partial charge in [0.2, 0.25) is 5.43 Å². The van der Waals surface area contributed by atoms with Crippen LogP contribution in [0.4, 0.5) is 10.1 Å². The summed E-state index contributed by atoms with van der Waals surface area (Å²) in [6.45, 7) is 1.34. The van der Waals surface area contributed by atoms with Crippen molar-refractivity contribution in [2.24, 2.45) is 0 Å². The molecule has 31 heavy (non-hydrogen) atoms. The Balaban J connectivity index is 1.87. The van der Waals surface area contributed by atoms with Gasteiger partial charge in [0.15, 0.2) is 11.6 Å². The summed E-state index contributed by atoms with van der Waals surface area (Å²) in [6.07, 6.45) is 2.10. The molecule has 3 aromatic rings. The number of aromatic carboxylic acids is 1. The van der Waals surface area contributed by atoms with Crippen LogP contribution in [-0.4, -0.2) is 53.0 Å². The maximum absolute atomic E-state index is 15.4. The molecule has 8 nitrogen and oxygen atoms in total. The van der Waals surface area contributed by atoms with Gasteiger partial charge >= 0.3 is 5.97 Å². The van der Waals surface area contributed by atoms with Gasteiger partial charge in [-0.3, -0.25) is 4.79 Å². The summed E-state index contributed by atoms with van der Waals surface area (Å²) in [5.41, 5.74) is -0.245. The van der Waals surface area contributed by atoms with Crippen molar-refractivity contribution >= 4 is 22.6 Å². The van der Waals surface area contributed by atoms with Gasteiger partial charge < -0.3 is 29.7 Å². The number of pyridine rings is 1. The number of halogens is 1. The molecular weight excluding hydrogens is 405 g/mol. The number of benzene rings is 2. The van der Waals surface area contributed by atoms with Gasteiger partial charge in [-0.05, 0) is 36.8 Å². The second kappa shape index (κ2) is 6.98. The fourth-order valence-corrected chi connectivity index (χ4v) is 4.68. The Morgan fingerprint density at radius 3 is 2.61 bits per heavy atom. The number of piperazine rings is 1. The third-order valence-electron chi connectivity index (χ3n) is 6.08. The van der Waals surface area contributed by atoms with Crippen molar-refractivity contribution in [3.63, 3.8) is 0 Å². The molecule has 2 atom stereocenters. The Morgan fingerprint density at radius 2 is 2.03 bits per heavy atom. The molecule has 0 amide bonds. The first-order chi connectivity index (χ1) is 14.9. The van der Waals surface area contributed by atoms with Crippen LogP contribution in [0.2, 0.25) is 0 Å². The van der Waals surface area contributed by atoms with E-state index in [0.717, 1.165) is 19.0 Å². The van der Waals surface area contributed by atoms with E-state index in [0.29, 0.717) is 12.2 Å². The molecule has 0 aliphatic carbocycles. The minimum Gasteiger partial charge on any atom is -0.508 e. The summed E-state index contributed by atoms with van der Waals surface area (Å²) in [4.78, 5) is 26.6. The van der Waals surface area contributed by atoms with E-state index >= 15 is 4.39 Å². The van der Waals surface area contributed by atoms with Gasteiger partial charge in [-0.25, -0.2) is 9.18 Å². The molecule has 0 radical (unpaired) electrons. The third kappa shape index (κ3) is 2.92. The van der Waals surface area contributed by atoms with E-state index in [-0.39, 0.29) is 40.2 Å². The number of carboxylic acids is 1. The van der Waals surface area contributed by atoms with Crippen LogP contribution in [-0.2, 0) is 0 Å². The van der Waals surface area contributed by atoms with Gasteiger partial charge in [0.25, 0.3) is 0 Å². The lowest BCUT2D eigenvalue weighted by Crippen LogP contribution is -2.44. The molecule has 2 aliphatic rings. The lowest BCUT2D eigenvalue weighted by Gasteiger charge is -2.31. The molecule has 0 spiro atoms. The van der Waals surface area contributed by atoms with E-state index in [1.165, 1.54) is 30.0 Å². The average Bonchev–Trinajstić information content (AvgIpc) is 3.37. The Morgan fingerprint density at radius 1 is 1.29 bits per heavy atom. The second-order valence-electron chi connectivity index (χ2n) is 7.85. The molecule has 160 valence electrons. The molecule has 3 N–H and O–H groups in total. The number of anilines is 1. The van der Waals surface area contributed by atoms with E-state index in [1.54, 1.807) is 12.1 Å². The average molecular weight is 425 g/mol. The normalized spacial score (nSPS) is 19.9. The zero-order valence-corrected chi connectivity index (χ0v) is 16.6. The predicted octanol–water partition coefficient (Wildman–Crippen LogP) is 2.09. The highest BCUT2D eigenvalue weighted by Crippen LogP contribution is 2.42. The zero-order valence-electron chi connectivity index (χ0n) is 16.6. The summed E-state index contributed by atoms with van der Waals surface area (Å²) in [7, 11) is 1.40. The van der Waals surface area contributed by atoms with Gasteiger partial charge in [0, 0.05) is 37.1 Å². The first kappa shape index (κ1) is 19.4. The van der Waals surface area contributed by atoms with Gasteiger partial charge in [0.1, 0.15) is 22.5 Å². The summed E-state index contributed by atoms with van der Waals surface area (Å²) in [5.74, 6) is -1.84. The fourth-order valence-electron chi connectivity index (χ4n) is 4.68. The lowest BCUT2D eigenvalue weighted by molar-refractivity contribution is 0.0695. The number of phenolic OH excluding ortho intramolecular Hbond substituents is 1. The van der Waals surface area contributed by atoms with Crippen LogP contribution in [0.3, 0.4) is 0 Å². The van der Waals surface area contributed by atoms with Crippen LogP contribution in [0.1, 0.15) is 16.8 Å². The van der Waals surface area contributed by atoms with Crippen molar-refractivity contribution in [1.29, 1.82) is 0 Å². The predicted molar refractivity (Wildman–Crippen MR) is 112 cm³/mol. The van der Waals surface area contributed by atoms with E-state index < -0.39 is 22.8 Å². The highest BCUT2D eigenvalue weighted by molar-refractivity contribution is 5.98. The number of hydrogen-bond donors (Lipinski definition) is 3. The standard InChI is InChI=1S/C22H20FN3O5/c1-31-21-18-15(7-17(23)19(21)25-9-11-6-13(25)8-24-11)20(28)16(22(29)30)10-26(18)12-2-4-14(27)5-3-12/h2-5,7,10-11,13,24,27H,6,8-9H2,1H3,(H,29,30)/t11-,13-/m0/s1. The number of nitrogens with zero attached hydrogens (tertiary/aromatic N) is 2.